The lowest BCUT2D eigenvalue weighted by atomic mass is 9.54. The fraction of sp³-hybridized carbons (Fsp3) is 1.00. The summed E-state index contributed by atoms with van der Waals surface area (Å²) in [7, 11) is 0. The maximum absolute atomic E-state index is 6.62. The normalized spacial score (nSPS) is 32.4. The molecule has 0 radical (unpaired) electrons. The first kappa shape index (κ1) is 18.6. The van der Waals surface area contributed by atoms with Gasteiger partial charge < -0.3 is 9.26 Å². The van der Waals surface area contributed by atoms with E-state index in [1.165, 1.54) is 0 Å². The van der Waals surface area contributed by atoms with E-state index < -0.39 is 17.5 Å². The molecule has 0 unspecified atom stereocenters. The Labute approximate surface area is 131 Å². The van der Waals surface area contributed by atoms with Crippen molar-refractivity contribution in [1.29, 1.82) is 0 Å². The zero-order valence-electron chi connectivity index (χ0n) is 15.2. The Bertz CT molecular complexity index is 445. The quantitative estimate of drug-likeness (QED) is 0.678. The van der Waals surface area contributed by atoms with Crippen LogP contribution in [0, 0.1) is 10.8 Å². The van der Waals surface area contributed by atoms with E-state index in [1.54, 1.807) is 0 Å². The summed E-state index contributed by atoms with van der Waals surface area (Å²) in [5, 5.41) is 0. The SMILES string of the molecule is CC1(C)O[C@](C)(C(C)(C)OP(C)(C)=S)C(C)(C)C1(C)C. The average Bonchev–Trinajstić information content (AvgIpc) is 2.19. The largest absolute Gasteiger partial charge is 0.365 e. The summed E-state index contributed by atoms with van der Waals surface area (Å²) in [5.41, 5.74) is -1.06. The Kier molecular flexibility index (Phi) is 4.22. The molecule has 0 saturated carbocycles. The smallest absolute Gasteiger partial charge is 0.100 e. The van der Waals surface area contributed by atoms with Crippen LogP contribution in [0.4, 0.5) is 0 Å². The molecule has 0 aliphatic carbocycles. The molecule has 120 valence electrons. The minimum Gasteiger partial charge on any atom is -0.365 e. The number of ether oxygens (including phenoxy) is 1. The third-order valence-corrected chi connectivity index (χ3v) is 7.44. The molecular weight excluding hydrogens is 287 g/mol. The van der Waals surface area contributed by atoms with Crippen LogP contribution in [0.3, 0.4) is 0 Å². The van der Waals surface area contributed by atoms with Crippen LogP contribution in [0.1, 0.15) is 62.3 Å². The van der Waals surface area contributed by atoms with E-state index in [4.69, 9.17) is 21.1 Å². The van der Waals surface area contributed by atoms with Gasteiger partial charge in [-0.2, -0.15) is 0 Å². The van der Waals surface area contributed by atoms with Crippen molar-refractivity contribution >= 4 is 18.1 Å². The Balaban J connectivity index is 3.40. The highest BCUT2D eigenvalue weighted by Gasteiger charge is 2.70. The molecule has 4 heteroatoms. The summed E-state index contributed by atoms with van der Waals surface area (Å²) in [5.74, 6) is 0. The van der Waals surface area contributed by atoms with Gasteiger partial charge in [0, 0.05) is 10.8 Å². The lowest BCUT2D eigenvalue weighted by molar-refractivity contribution is -0.186. The number of rotatable bonds is 3. The molecule has 20 heavy (non-hydrogen) atoms. The Morgan fingerprint density at radius 1 is 0.900 bits per heavy atom. The second kappa shape index (κ2) is 4.54. The van der Waals surface area contributed by atoms with Gasteiger partial charge in [0.15, 0.2) is 0 Å². The van der Waals surface area contributed by atoms with E-state index in [0.717, 1.165) is 0 Å². The van der Waals surface area contributed by atoms with E-state index >= 15 is 0 Å². The van der Waals surface area contributed by atoms with E-state index in [-0.39, 0.29) is 16.4 Å². The second-order valence-electron chi connectivity index (χ2n) is 8.75. The molecule has 1 atom stereocenters. The zero-order valence-corrected chi connectivity index (χ0v) is 16.9. The molecule has 1 saturated heterocycles. The van der Waals surface area contributed by atoms with Crippen LogP contribution in [0.5, 0.6) is 0 Å². The molecule has 1 aliphatic heterocycles. The minimum atomic E-state index is -1.77. The standard InChI is InChI=1S/C16H33O2PS/c1-12(2)13(3,4)16(9,17-14(12,5)6)15(7,8)18-19(10,11)20/h1-11H3/t16-/m0/s1. The monoisotopic (exact) mass is 320 g/mol. The van der Waals surface area contributed by atoms with E-state index in [2.05, 4.69) is 62.3 Å². The van der Waals surface area contributed by atoms with Crippen LogP contribution in [-0.2, 0) is 21.1 Å². The van der Waals surface area contributed by atoms with Crippen molar-refractivity contribution in [1.82, 2.24) is 0 Å². The fourth-order valence-electron chi connectivity index (χ4n) is 3.63. The molecule has 0 aromatic rings. The summed E-state index contributed by atoms with van der Waals surface area (Å²) in [6.45, 7) is 24.1. The highest BCUT2D eigenvalue weighted by Crippen LogP contribution is 2.67. The van der Waals surface area contributed by atoms with Crippen molar-refractivity contribution in [3.05, 3.63) is 0 Å². The van der Waals surface area contributed by atoms with E-state index in [1.807, 2.05) is 13.3 Å². The van der Waals surface area contributed by atoms with E-state index in [0.29, 0.717) is 0 Å². The van der Waals surface area contributed by atoms with Crippen LogP contribution in [0.15, 0.2) is 0 Å². The summed E-state index contributed by atoms with van der Waals surface area (Å²) in [6.07, 6.45) is -1.77. The molecule has 0 aromatic carbocycles. The van der Waals surface area contributed by atoms with Crippen LogP contribution in [0.25, 0.3) is 0 Å². The first-order chi connectivity index (χ1) is 8.41. The van der Waals surface area contributed by atoms with Gasteiger partial charge in [-0.3, -0.25) is 0 Å². The summed E-state index contributed by atoms with van der Waals surface area (Å²) >= 11 is 5.54. The molecular formula is C16H33O2PS. The third-order valence-electron chi connectivity index (χ3n) is 6.32. The van der Waals surface area contributed by atoms with Crippen molar-refractivity contribution in [3.63, 3.8) is 0 Å². The second-order valence-corrected chi connectivity index (χ2v) is 14.1. The number of hydrogen-bond donors (Lipinski definition) is 0. The fourth-order valence-corrected chi connectivity index (χ4v) is 5.46. The first-order valence-corrected chi connectivity index (χ1v) is 11.0. The van der Waals surface area contributed by atoms with Gasteiger partial charge in [0.1, 0.15) is 5.60 Å². The molecule has 0 spiro atoms. The summed E-state index contributed by atoms with van der Waals surface area (Å²) in [6, 6.07) is 0. The lowest BCUT2D eigenvalue weighted by Crippen LogP contribution is -2.58. The number of hydrogen-bond acceptors (Lipinski definition) is 3. The molecule has 1 heterocycles. The molecule has 0 bridgehead atoms. The van der Waals surface area contributed by atoms with Gasteiger partial charge >= 0.3 is 0 Å². The van der Waals surface area contributed by atoms with E-state index in [9.17, 15) is 0 Å². The van der Waals surface area contributed by atoms with Crippen LogP contribution in [-0.4, -0.2) is 30.1 Å². The molecule has 0 amide bonds. The molecule has 0 aromatic heterocycles. The van der Waals surface area contributed by atoms with Gasteiger partial charge in [0.2, 0.25) is 0 Å². The highest BCUT2D eigenvalue weighted by atomic mass is 32.4. The van der Waals surface area contributed by atoms with Gasteiger partial charge in [-0.15, -0.1) is 0 Å². The first-order valence-electron chi connectivity index (χ1n) is 7.37. The van der Waals surface area contributed by atoms with Crippen LogP contribution in [0.2, 0.25) is 0 Å². The molecule has 1 rings (SSSR count). The lowest BCUT2D eigenvalue weighted by Gasteiger charge is -2.52. The zero-order chi connectivity index (χ0) is 16.4. The highest BCUT2D eigenvalue weighted by molar-refractivity contribution is 8.11. The van der Waals surface area contributed by atoms with Gasteiger partial charge in [0.05, 0.1) is 17.5 Å². The topological polar surface area (TPSA) is 18.5 Å². The molecule has 1 aliphatic rings. The molecule has 1 fully saturated rings. The maximum Gasteiger partial charge on any atom is 0.100 e. The Morgan fingerprint density at radius 2 is 1.30 bits per heavy atom. The van der Waals surface area contributed by atoms with Crippen LogP contribution >= 0.6 is 6.26 Å². The van der Waals surface area contributed by atoms with Gasteiger partial charge in [-0.1, -0.05) is 39.5 Å². The predicted octanol–water partition coefficient (Wildman–Crippen LogP) is 5.06. The molecule has 2 nitrogen and oxygen atoms in total. The van der Waals surface area contributed by atoms with Crippen molar-refractivity contribution in [2.45, 2.75) is 79.1 Å². The summed E-state index contributed by atoms with van der Waals surface area (Å²) < 4.78 is 13.0. The maximum atomic E-state index is 6.62. The Hall–Kier alpha value is 0.570. The summed E-state index contributed by atoms with van der Waals surface area (Å²) in [4.78, 5) is 0. The van der Waals surface area contributed by atoms with Gasteiger partial charge in [0.25, 0.3) is 0 Å². The van der Waals surface area contributed by atoms with Crippen molar-refractivity contribution in [2.24, 2.45) is 10.8 Å². The minimum absolute atomic E-state index is 0.0272. The van der Waals surface area contributed by atoms with Crippen molar-refractivity contribution < 1.29 is 9.26 Å². The van der Waals surface area contributed by atoms with Crippen LogP contribution < -0.4 is 0 Å². The third kappa shape index (κ3) is 2.43. The van der Waals surface area contributed by atoms with Gasteiger partial charge in [-0.05, 0) is 47.9 Å². The van der Waals surface area contributed by atoms with Crippen molar-refractivity contribution in [3.8, 4) is 0 Å². The Morgan fingerprint density at radius 3 is 1.55 bits per heavy atom. The van der Waals surface area contributed by atoms with Crippen molar-refractivity contribution in [2.75, 3.05) is 13.3 Å². The average molecular weight is 320 g/mol. The molecule has 0 N–H and O–H groups in total. The van der Waals surface area contributed by atoms with Gasteiger partial charge in [-0.25, -0.2) is 0 Å². The predicted molar refractivity (Wildman–Crippen MR) is 92.4 cm³/mol.